The van der Waals surface area contributed by atoms with Gasteiger partial charge in [-0.1, -0.05) is 24.3 Å². The summed E-state index contributed by atoms with van der Waals surface area (Å²) in [5.41, 5.74) is 9.71. The molecule has 0 fully saturated rings. The van der Waals surface area contributed by atoms with Gasteiger partial charge in [-0.2, -0.15) is 15.3 Å². The lowest BCUT2D eigenvalue weighted by Gasteiger charge is -2.17. The van der Waals surface area contributed by atoms with Gasteiger partial charge in [-0.3, -0.25) is 14.0 Å². The Morgan fingerprint density at radius 3 is 2.39 bits per heavy atom. The summed E-state index contributed by atoms with van der Waals surface area (Å²) < 4.78 is 5.79. The molecule has 5 aromatic rings. The van der Waals surface area contributed by atoms with Crippen molar-refractivity contribution >= 4 is 11.8 Å². The fourth-order valence-corrected chi connectivity index (χ4v) is 4.78. The van der Waals surface area contributed by atoms with E-state index in [9.17, 15) is 0 Å². The Hall–Kier alpha value is -4.27. The maximum absolute atomic E-state index is 4.94. The Morgan fingerprint density at radius 1 is 0.917 bits per heavy atom. The molecule has 1 aromatic carbocycles. The molecule has 0 radical (unpaired) electrons. The quantitative estimate of drug-likeness (QED) is 0.387. The number of fused-ring (bicyclic) bond motifs is 3. The van der Waals surface area contributed by atoms with E-state index in [1.165, 1.54) is 0 Å². The van der Waals surface area contributed by atoms with Crippen LogP contribution in [0.5, 0.6) is 0 Å². The molecule has 1 N–H and O–H groups in total. The molecule has 0 spiro atoms. The molecule has 0 saturated carbocycles. The van der Waals surface area contributed by atoms with Crippen molar-refractivity contribution in [2.75, 3.05) is 5.32 Å². The first-order valence-electron chi connectivity index (χ1n) is 12.2. The van der Waals surface area contributed by atoms with Crippen molar-refractivity contribution in [3.63, 3.8) is 0 Å². The minimum Gasteiger partial charge on any atom is -0.307 e. The van der Waals surface area contributed by atoms with Crippen molar-refractivity contribution in [2.45, 2.75) is 39.7 Å². The van der Waals surface area contributed by atoms with Crippen LogP contribution in [0.25, 0.3) is 33.6 Å². The van der Waals surface area contributed by atoms with E-state index in [1.54, 1.807) is 0 Å². The van der Waals surface area contributed by atoms with Gasteiger partial charge in [0.15, 0.2) is 5.82 Å². The highest BCUT2D eigenvalue weighted by Crippen LogP contribution is 2.40. The zero-order chi connectivity index (χ0) is 25.0. The molecule has 4 aromatic heterocycles. The van der Waals surface area contributed by atoms with Crippen LogP contribution in [0.1, 0.15) is 36.8 Å². The summed E-state index contributed by atoms with van der Waals surface area (Å²) in [5.74, 6) is 1.26. The average Bonchev–Trinajstić information content (AvgIpc) is 3.56. The normalized spacial score (nSPS) is 12.6. The van der Waals surface area contributed by atoms with Crippen LogP contribution in [0, 0.1) is 6.92 Å². The number of rotatable bonds is 5. The molecule has 0 bridgehead atoms. The number of hydrogen-bond donors (Lipinski definition) is 1. The number of anilines is 2. The Kier molecular flexibility index (Phi) is 5.21. The van der Waals surface area contributed by atoms with Crippen LogP contribution in [0.2, 0.25) is 0 Å². The second-order valence-electron chi connectivity index (χ2n) is 9.66. The average molecular weight is 480 g/mol. The maximum Gasteiger partial charge on any atom is 0.228 e. The van der Waals surface area contributed by atoms with E-state index in [2.05, 4.69) is 64.8 Å². The van der Waals surface area contributed by atoms with Crippen LogP contribution < -0.4 is 5.32 Å². The summed E-state index contributed by atoms with van der Waals surface area (Å²) in [5, 5.41) is 17.1. The van der Waals surface area contributed by atoms with Gasteiger partial charge in [-0.25, -0.2) is 9.97 Å². The molecule has 1 aliphatic rings. The van der Waals surface area contributed by atoms with Crippen molar-refractivity contribution in [3.8, 4) is 33.6 Å². The molecule has 0 saturated heterocycles. The summed E-state index contributed by atoms with van der Waals surface area (Å²) in [7, 11) is 3.93. The van der Waals surface area contributed by atoms with E-state index in [-0.39, 0.29) is 0 Å². The number of aryl methyl sites for hydroxylation is 5. The topological polar surface area (TPSA) is 91.3 Å². The number of nitrogens with zero attached hydrogens (tertiary/aromatic N) is 8. The first kappa shape index (κ1) is 22.2. The van der Waals surface area contributed by atoms with Crippen LogP contribution in [0.4, 0.5) is 11.8 Å². The van der Waals surface area contributed by atoms with Crippen LogP contribution in [0.15, 0.2) is 48.9 Å². The summed E-state index contributed by atoms with van der Waals surface area (Å²) in [6.45, 7) is 6.28. The molecule has 0 aliphatic heterocycles. The summed E-state index contributed by atoms with van der Waals surface area (Å²) in [6, 6.07) is 10.9. The van der Waals surface area contributed by atoms with Gasteiger partial charge in [0.25, 0.3) is 0 Å². The smallest absolute Gasteiger partial charge is 0.228 e. The molecular formula is C27H29N9. The van der Waals surface area contributed by atoms with E-state index in [4.69, 9.17) is 10.1 Å². The van der Waals surface area contributed by atoms with Gasteiger partial charge in [0.1, 0.15) is 0 Å². The van der Waals surface area contributed by atoms with Crippen molar-refractivity contribution in [1.29, 1.82) is 0 Å². The van der Waals surface area contributed by atoms with E-state index < -0.39 is 0 Å². The highest BCUT2D eigenvalue weighted by Gasteiger charge is 2.27. The second-order valence-corrected chi connectivity index (χ2v) is 9.66. The van der Waals surface area contributed by atoms with Gasteiger partial charge >= 0.3 is 0 Å². The number of hydrogen-bond acceptors (Lipinski definition) is 6. The van der Waals surface area contributed by atoms with E-state index in [0.29, 0.717) is 12.0 Å². The maximum atomic E-state index is 4.94. The highest BCUT2D eigenvalue weighted by molar-refractivity contribution is 5.85. The zero-order valence-electron chi connectivity index (χ0n) is 21.2. The van der Waals surface area contributed by atoms with Crippen LogP contribution >= 0.6 is 0 Å². The second kappa shape index (κ2) is 8.44. The Bertz CT molecular complexity index is 1550. The van der Waals surface area contributed by atoms with Crippen molar-refractivity contribution < 1.29 is 0 Å². The molecule has 0 atom stereocenters. The predicted octanol–water partition coefficient (Wildman–Crippen LogP) is 4.87. The van der Waals surface area contributed by atoms with Crippen molar-refractivity contribution in [2.24, 2.45) is 14.1 Å². The third-order valence-electron chi connectivity index (χ3n) is 6.83. The molecule has 6 rings (SSSR count). The Labute approximate surface area is 209 Å². The van der Waals surface area contributed by atoms with Gasteiger partial charge in [-0.15, -0.1) is 0 Å². The molecule has 9 heteroatoms. The number of benzene rings is 1. The van der Waals surface area contributed by atoms with Gasteiger partial charge in [0, 0.05) is 61.0 Å². The summed E-state index contributed by atoms with van der Waals surface area (Å²) >= 11 is 0. The standard InChI is InChI=1S/C27H29N9/c1-16(2)36-15-21(14-29-36)18-6-8-19(9-7-18)26-24-22(32-35(26)5)11-10-20-13-28-27(31-25(20)24)30-23-12-17(3)34(4)33-23/h6-9,12-16H,10-11H2,1-5H3,(H,28,30,31,33). The molecule has 36 heavy (non-hydrogen) atoms. The van der Waals surface area contributed by atoms with Crippen molar-refractivity contribution in [3.05, 3.63) is 65.9 Å². The Balaban J connectivity index is 1.37. The SMILES string of the molecule is Cc1cc(Nc2ncc3c(n2)-c2c(nn(C)c2-c2ccc(-c4cnn(C(C)C)c4)cc2)CC3)nn1C. The lowest BCUT2D eigenvalue weighted by Crippen LogP contribution is -2.08. The van der Waals surface area contributed by atoms with E-state index in [1.807, 2.05) is 53.5 Å². The van der Waals surface area contributed by atoms with Crippen LogP contribution in [-0.4, -0.2) is 39.3 Å². The predicted molar refractivity (Wildman–Crippen MR) is 140 cm³/mol. The van der Waals surface area contributed by atoms with E-state index in [0.717, 1.165) is 69.3 Å². The van der Waals surface area contributed by atoms with E-state index >= 15 is 0 Å². The Morgan fingerprint density at radius 2 is 1.69 bits per heavy atom. The van der Waals surface area contributed by atoms with Gasteiger partial charge in [-0.05, 0) is 44.7 Å². The largest absolute Gasteiger partial charge is 0.307 e. The van der Waals surface area contributed by atoms with Gasteiger partial charge in [0.05, 0.1) is 23.3 Å². The highest BCUT2D eigenvalue weighted by atomic mass is 15.3. The third-order valence-corrected chi connectivity index (χ3v) is 6.83. The molecule has 9 nitrogen and oxygen atoms in total. The summed E-state index contributed by atoms with van der Waals surface area (Å²) in [6.07, 6.45) is 7.69. The first-order chi connectivity index (χ1) is 17.4. The number of nitrogens with one attached hydrogen (secondary N) is 1. The van der Waals surface area contributed by atoms with Crippen LogP contribution in [0.3, 0.4) is 0 Å². The number of aromatic nitrogens is 8. The molecule has 0 amide bonds. The van der Waals surface area contributed by atoms with Crippen LogP contribution in [-0.2, 0) is 26.9 Å². The lowest BCUT2D eigenvalue weighted by molar-refractivity contribution is 0.532. The minimum atomic E-state index is 0.335. The van der Waals surface area contributed by atoms with Gasteiger partial charge < -0.3 is 5.32 Å². The zero-order valence-corrected chi connectivity index (χ0v) is 21.2. The minimum absolute atomic E-state index is 0.335. The monoisotopic (exact) mass is 479 g/mol. The molecular weight excluding hydrogens is 450 g/mol. The lowest BCUT2D eigenvalue weighted by atomic mass is 9.91. The van der Waals surface area contributed by atoms with Crippen molar-refractivity contribution in [1.82, 2.24) is 39.3 Å². The van der Waals surface area contributed by atoms with Gasteiger partial charge in [0.2, 0.25) is 5.95 Å². The molecule has 182 valence electrons. The first-order valence-corrected chi connectivity index (χ1v) is 12.2. The fraction of sp³-hybridized carbons (Fsp3) is 0.296. The third kappa shape index (κ3) is 3.77. The molecule has 4 heterocycles. The molecule has 1 aliphatic carbocycles. The molecule has 0 unspecified atom stereocenters. The fourth-order valence-electron chi connectivity index (χ4n) is 4.78. The summed E-state index contributed by atoms with van der Waals surface area (Å²) in [4.78, 5) is 9.50.